The van der Waals surface area contributed by atoms with Crippen LogP contribution < -0.4 is 11.1 Å². The summed E-state index contributed by atoms with van der Waals surface area (Å²) in [7, 11) is 0. The molecule has 2 aromatic rings. The van der Waals surface area contributed by atoms with Gasteiger partial charge in [0.15, 0.2) is 0 Å². The molecular formula is C13H16N4OS. The highest BCUT2D eigenvalue weighted by molar-refractivity contribution is 7.09. The fraction of sp³-hybridized carbons (Fsp3) is 0.308. The summed E-state index contributed by atoms with van der Waals surface area (Å²) < 4.78 is 0. The molecule has 1 unspecified atom stereocenters. The highest BCUT2D eigenvalue weighted by Crippen LogP contribution is 2.20. The van der Waals surface area contributed by atoms with E-state index in [1.807, 2.05) is 19.2 Å². The first kappa shape index (κ1) is 13.5. The Balaban J connectivity index is 2.16. The number of aromatic nitrogens is 2. The van der Waals surface area contributed by atoms with Gasteiger partial charge in [-0.1, -0.05) is 6.92 Å². The molecule has 19 heavy (non-hydrogen) atoms. The molecule has 0 spiro atoms. The number of aryl methyl sites for hydroxylation is 1. The number of nitrogen functional groups attached to an aromatic ring is 1. The summed E-state index contributed by atoms with van der Waals surface area (Å²) in [5.41, 5.74) is 7.48. The van der Waals surface area contributed by atoms with E-state index in [4.69, 9.17) is 5.73 Å². The fourth-order valence-corrected chi connectivity index (χ4v) is 2.52. The lowest BCUT2D eigenvalue weighted by atomic mass is 10.1. The van der Waals surface area contributed by atoms with Crippen LogP contribution in [-0.4, -0.2) is 15.9 Å². The maximum Gasteiger partial charge on any atom is 0.255 e. The molecule has 100 valence electrons. The van der Waals surface area contributed by atoms with Gasteiger partial charge in [-0.3, -0.25) is 9.78 Å². The zero-order chi connectivity index (χ0) is 13.8. The van der Waals surface area contributed by atoms with Crippen molar-refractivity contribution in [3.05, 3.63) is 40.1 Å². The Bertz CT molecular complexity index is 568. The van der Waals surface area contributed by atoms with E-state index in [0.29, 0.717) is 11.3 Å². The van der Waals surface area contributed by atoms with Crippen molar-refractivity contribution in [1.29, 1.82) is 0 Å². The van der Waals surface area contributed by atoms with Crippen molar-refractivity contribution in [1.82, 2.24) is 15.3 Å². The predicted octanol–water partition coefficient (Wildman–Crippen LogP) is 2.31. The molecule has 0 saturated heterocycles. The SMILES string of the molecule is CCC(NC(=O)c1cnc(C)cc1N)c1nccs1. The van der Waals surface area contributed by atoms with Crippen molar-refractivity contribution < 1.29 is 4.79 Å². The number of nitrogens with one attached hydrogen (secondary N) is 1. The Kier molecular flexibility index (Phi) is 4.11. The van der Waals surface area contributed by atoms with Crippen LogP contribution in [-0.2, 0) is 0 Å². The largest absolute Gasteiger partial charge is 0.398 e. The predicted molar refractivity (Wildman–Crippen MR) is 76.0 cm³/mol. The van der Waals surface area contributed by atoms with Gasteiger partial charge < -0.3 is 11.1 Å². The van der Waals surface area contributed by atoms with E-state index in [0.717, 1.165) is 17.1 Å². The molecule has 2 rings (SSSR count). The van der Waals surface area contributed by atoms with Gasteiger partial charge in [0.25, 0.3) is 5.91 Å². The number of nitrogens with zero attached hydrogens (tertiary/aromatic N) is 2. The van der Waals surface area contributed by atoms with Crippen molar-refractivity contribution in [3.63, 3.8) is 0 Å². The molecule has 0 aliphatic heterocycles. The Morgan fingerprint density at radius 1 is 1.53 bits per heavy atom. The molecule has 0 aromatic carbocycles. The number of carbonyl (C=O) groups is 1. The molecule has 5 nitrogen and oxygen atoms in total. The van der Waals surface area contributed by atoms with Crippen LogP contribution in [0.3, 0.4) is 0 Å². The highest BCUT2D eigenvalue weighted by atomic mass is 32.1. The van der Waals surface area contributed by atoms with Crippen LogP contribution in [0.25, 0.3) is 0 Å². The molecule has 1 amide bonds. The van der Waals surface area contributed by atoms with Gasteiger partial charge in [-0.2, -0.15) is 0 Å². The third-order valence-electron chi connectivity index (χ3n) is 2.78. The van der Waals surface area contributed by atoms with Crippen molar-refractivity contribution in [2.75, 3.05) is 5.73 Å². The minimum Gasteiger partial charge on any atom is -0.398 e. The molecule has 0 bridgehead atoms. The lowest BCUT2D eigenvalue weighted by molar-refractivity contribution is 0.0936. The maximum absolute atomic E-state index is 12.2. The number of anilines is 1. The van der Waals surface area contributed by atoms with Gasteiger partial charge in [-0.25, -0.2) is 4.98 Å². The van der Waals surface area contributed by atoms with E-state index < -0.39 is 0 Å². The maximum atomic E-state index is 12.2. The number of nitrogens with two attached hydrogens (primary N) is 1. The zero-order valence-electron chi connectivity index (χ0n) is 10.9. The monoisotopic (exact) mass is 276 g/mol. The summed E-state index contributed by atoms with van der Waals surface area (Å²) in [6.07, 6.45) is 4.02. The van der Waals surface area contributed by atoms with E-state index in [9.17, 15) is 4.79 Å². The van der Waals surface area contributed by atoms with Gasteiger partial charge in [0.1, 0.15) is 5.01 Å². The zero-order valence-corrected chi connectivity index (χ0v) is 11.7. The average Bonchev–Trinajstić information content (AvgIpc) is 2.89. The molecule has 0 aliphatic carbocycles. The number of rotatable bonds is 4. The Morgan fingerprint density at radius 3 is 2.89 bits per heavy atom. The molecule has 3 N–H and O–H groups in total. The quantitative estimate of drug-likeness (QED) is 0.898. The fourth-order valence-electron chi connectivity index (χ4n) is 1.75. The molecule has 0 aliphatic rings. The number of hydrogen-bond donors (Lipinski definition) is 2. The van der Waals surface area contributed by atoms with Crippen molar-refractivity contribution in [2.45, 2.75) is 26.3 Å². The van der Waals surface area contributed by atoms with Crippen LogP contribution in [0.5, 0.6) is 0 Å². The van der Waals surface area contributed by atoms with Gasteiger partial charge in [-0.05, 0) is 19.4 Å². The summed E-state index contributed by atoms with van der Waals surface area (Å²) in [4.78, 5) is 20.5. The van der Waals surface area contributed by atoms with Gasteiger partial charge in [0.05, 0.1) is 11.6 Å². The summed E-state index contributed by atoms with van der Waals surface area (Å²) >= 11 is 1.53. The average molecular weight is 276 g/mol. The molecule has 1 atom stereocenters. The van der Waals surface area contributed by atoms with Crippen molar-refractivity contribution in [2.24, 2.45) is 0 Å². The second-order valence-corrected chi connectivity index (χ2v) is 5.14. The molecule has 0 radical (unpaired) electrons. The van der Waals surface area contributed by atoms with E-state index in [-0.39, 0.29) is 11.9 Å². The lowest BCUT2D eigenvalue weighted by Crippen LogP contribution is -2.28. The number of pyridine rings is 1. The number of hydrogen-bond acceptors (Lipinski definition) is 5. The summed E-state index contributed by atoms with van der Waals surface area (Å²) in [5.74, 6) is -0.216. The van der Waals surface area contributed by atoms with E-state index in [1.54, 1.807) is 12.3 Å². The van der Waals surface area contributed by atoms with E-state index in [1.165, 1.54) is 17.5 Å². The van der Waals surface area contributed by atoms with Crippen LogP contribution >= 0.6 is 11.3 Å². The molecule has 2 heterocycles. The highest BCUT2D eigenvalue weighted by Gasteiger charge is 2.17. The first-order chi connectivity index (χ1) is 9.11. The van der Waals surface area contributed by atoms with E-state index >= 15 is 0 Å². The van der Waals surface area contributed by atoms with Crippen LogP contribution in [0.4, 0.5) is 5.69 Å². The van der Waals surface area contributed by atoms with E-state index in [2.05, 4.69) is 15.3 Å². The van der Waals surface area contributed by atoms with Crippen LogP contribution in [0.1, 0.15) is 40.4 Å². The second kappa shape index (κ2) is 5.79. The third kappa shape index (κ3) is 3.08. The Morgan fingerprint density at radius 2 is 2.32 bits per heavy atom. The number of amides is 1. The second-order valence-electron chi connectivity index (χ2n) is 4.22. The minimum atomic E-state index is -0.216. The van der Waals surface area contributed by atoms with Crippen molar-refractivity contribution in [3.8, 4) is 0 Å². The molecule has 2 aromatic heterocycles. The normalized spacial score (nSPS) is 12.1. The Hall–Kier alpha value is -1.95. The molecular weight excluding hydrogens is 260 g/mol. The first-order valence-electron chi connectivity index (χ1n) is 6.04. The summed E-state index contributed by atoms with van der Waals surface area (Å²) in [5, 5.41) is 5.73. The molecule has 6 heteroatoms. The lowest BCUT2D eigenvalue weighted by Gasteiger charge is -2.15. The van der Waals surface area contributed by atoms with Gasteiger partial charge >= 0.3 is 0 Å². The standard InChI is InChI=1S/C13H16N4OS/c1-3-11(13-15-4-5-19-13)17-12(18)9-7-16-8(2)6-10(9)14/h4-7,11H,3H2,1-2H3,(H2,14,16)(H,17,18). The van der Waals surface area contributed by atoms with Gasteiger partial charge in [-0.15, -0.1) is 11.3 Å². The third-order valence-corrected chi connectivity index (χ3v) is 3.67. The molecule has 0 saturated carbocycles. The van der Waals surface area contributed by atoms with Gasteiger partial charge in [0.2, 0.25) is 0 Å². The topological polar surface area (TPSA) is 80.9 Å². The van der Waals surface area contributed by atoms with Crippen LogP contribution in [0, 0.1) is 6.92 Å². The van der Waals surface area contributed by atoms with Crippen LogP contribution in [0.15, 0.2) is 23.8 Å². The smallest absolute Gasteiger partial charge is 0.255 e. The first-order valence-corrected chi connectivity index (χ1v) is 6.92. The van der Waals surface area contributed by atoms with Crippen LogP contribution in [0.2, 0.25) is 0 Å². The number of thiazole rings is 1. The summed E-state index contributed by atoms with van der Waals surface area (Å²) in [6, 6.07) is 1.60. The van der Waals surface area contributed by atoms with Gasteiger partial charge in [0, 0.05) is 29.2 Å². The molecule has 0 fully saturated rings. The summed E-state index contributed by atoms with van der Waals surface area (Å²) in [6.45, 7) is 3.84. The number of carbonyl (C=O) groups excluding carboxylic acids is 1. The Labute approximate surface area is 115 Å². The minimum absolute atomic E-state index is 0.0896. The van der Waals surface area contributed by atoms with Crippen molar-refractivity contribution >= 4 is 22.9 Å².